The Hall–Kier alpha value is -2.20. The number of carbonyl (C=O) groups excluding carboxylic acids is 1. The molecule has 0 atom stereocenters. The van der Waals surface area contributed by atoms with Crippen LogP contribution in [0.2, 0.25) is 0 Å². The van der Waals surface area contributed by atoms with Crippen molar-refractivity contribution in [2.75, 3.05) is 31.5 Å². The van der Waals surface area contributed by atoms with E-state index in [0.29, 0.717) is 12.1 Å². The molecule has 152 valence electrons. The summed E-state index contributed by atoms with van der Waals surface area (Å²) in [6.45, 7) is 5.10. The molecule has 6 heteroatoms. The average Bonchev–Trinajstić information content (AvgIpc) is 2.87. The number of hydrogen-bond donors (Lipinski definition) is 1. The van der Waals surface area contributed by atoms with Crippen LogP contribution in [-0.4, -0.2) is 41.9 Å². The number of benzene rings is 1. The molecule has 1 aromatic carbocycles. The molecule has 1 aromatic heterocycles. The van der Waals surface area contributed by atoms with Crippen molar-refractivity contribution in [3.8, 4) is 6.07 Å². The van der Waals surface area contributed by atoms with Crippen LogP contribution in [0.5, 0.6) is 0 Å². The summed E-state index contributed by atoms with van der Waals surface area (Å²) in [6.07, 6.45) is 5.72. The van der Waals surface area contributed by atoms with E-state index in [4.69, 9.17) is 0 Å². The first kappa shape index (κ1) is 20.1. The second kappa shape index (κ2) is 9.53. The van der Waals surface area contributed by atoms with Crippen LogP contribution in [0.1, 0.15) is 47.3 Å². The summed E-state index contributed by atoms with van der Waals surface area (Å²) in [6, 6.07) is 12.8. The maximum Gasteiger partial charge on any atom is 0.239 e. The monoisotopic (exact) mass is 408 g/mol. The van der Waals surface area contributed by atoms with Crippen LogP contribution in [0, 0.1) is 11.3 Å². The third-order valence-electron chi connectivity index (χ3n) is 5.82. The molecule has 4 rings (SSSR count). The highest BCUT2D eigenvalue weighted by Crippen LogP contribution is 2.37. The Morgan fingerprint density at radius 1 is 1.07 bits per heavy atom. The van der Waals surface area contributed by atoms with Gasteiger partial charge in [-0.05, 0) is 43.5 Å². The minimum atomic E-state index is 0.00291. The lowest BCUT2D eigenvalue weighted by Crippen LogP contribution is -2.33. The fraction of sp³-hybridized carbons (Fsp3) is 0.478. The molecule has 0 bridgehead atoms. The van der Waals surface area contributed by atoms with Crippen LogP contribution < -0.4 is 5.32 Å². The highest BCUT2D eigenvalue weighted by atomic mass is 32.1. The van der Waals surface area contributed by atoms with Crippen molar-refractivity contribution in [3.05, 3.63) is 51.9 Å². The molecule has 2 aliphatic heterocycles. The molecule has 2 aliphatic rings. The van der Waals surface area contributed by atoms with Gasteiger partial charge in [0.25, 0.3) is 0 Å². The first-order valence-electron chi connectivity index (χ1n) is 10.6. The van der Waals surface area contributed by atoms with E-state index in [1.165, 1.54) is 36.1 Å². The topological polar surface area (TPSA) is 59.4 Å². The third-order valence-corrected chi connectivity index (χ3v) is 6.95. The van der Waals surface area contributed by atoms with Gasteiger partial charge in [0.1, 0.15) is 11.1 Å². The summed E-state index contributed by atoms with van der Waals surface area (Å²) in [4.78, 5) is 18.5. The van der Waals surface area contributed by atoms with Gasteiger partial charge in [0.2, 0.25) is 5.91 Å². The molecule has 29 heavy (non-hydrogen) atoms. The fourth-order valence-electron chi connectivity index (χ4n) is 4.30. The largest absolute Gasteiger partial charge is 0.315 e. The van der Waals surface area contributed by atoms with Crippen molar-refractivity contribution in [2.45, 2.75) is 45.2 Å². The highest BCUT2D eigenvalue weighted by molar-refractivity contribution is 7.16. The molecule has 1 fully saturated rings. The van der Waals surface area contributed by atoms with Crippen LogP contribution in [0.4, 0.5) is 5.00 Å². The summed E-state index contributed by atoms with van der Waals surface area (Å²) < 4.78 is 0. The van der Waals surface area contributed by atoms with Gasteiger partial charge in [0.05, 0.1) is 12.1 Å². The van der Waals surface area contributed by atoms with Crippen molar-refractivity contribution in [3.63, 3.8) is 0 Å². The summed E-state index contributed by atoms with van der Waals surface area (Å²) in [5, 5.41) is 13.5. The van der Waals surface area contributed by atoms with Gasteiger partial charge < -0.3 is 5.32 Å². The van der Waals surface area contributed by atoms with Gasteiger partial charge in [-0.2, -0.15) is 5.26 Å². The molecule has 1 saturated heterocycles. The molecular formula is C23H28N4OS. The maximum absolute atomic E-state index is 12.6. The number of amides is 1. The minimum absolute atomic E-state index is 0.00291. The van der Waals surface area contributed by atoms with Gasteiger partial charge in [-0.3, -0.25) is 14.6 Å². The van der Waals surface area contributed by atoms with Crippen LogP contribution in [0.25, 0.3) is 0 Å². The molecule has 3 heterocycles. The molecule has 0 spiro atoms. The molecule has 5 nitrogen and oxygen atoms in total. The zero-order valence-electron chi connectivity index (χ0n) is 16.8. The SMILES string of the molecule is N#Cc1c(NC(=O)CN2CCCCCC2)sc2c1CCN(Cc1ccccc1)C2. The van der Waals surface area contributed by atoms with Gasteiger partial charge in [-0.1, -0.05) is 43.2 Å². The van der Waals surface area contributed by atoms with Crippen molar-refractivity contribution >= 4 is 22.2 Å². The number of anilines is 1. The first-order valence-corrected chi connectivity index (χ1v) is 11.4. The fourth-order valence-corrected chi connectivity index (χ4v) is 5.56. The zero-order chi connectivity index (χ0) is 20.1. The van der Waals surface area contributed by atoms with Gasteiger partial charge in [0, 0.05) is 24.5 Å². The van der Waals surface area contributed by atoms with Crippen LogP contribution in [0.3, 0.4) is 0 Å². The van der Waals surface area contributed by atoms with Gasteiger partial charge in [-0.15, -0.1) is 11.3 Å². The molecule has 0 saturated carbocycles. The minimum Gasteiger partial charge on any atom is -0.315 e. The molecule has 1 amide bonds. The van der Waals surface area contributed by atoms with Gasteiger partial charge in [0.15, 0.2) is 0 Å². The number of fused-ring (bicyclic) bond motifs is 1. The summed E-state index contributed by atoms with van der Waals surface area (Å²) >= 11 is 1.58. The smallest absolute Gasteiger partial charge is 0.239 e. The van der Waals surface area contributed by atoms with Crippen molar-refractivity contribution in [1.29, 1.82) is 5.26 Å². The number of carbonyl (C=O) groups is 1. The molecule has 0 radical (unpaired) electrons. The number of likely N-dealkylation sites (tertiary alicyclic amines) is 1. The second-order valence-electron chi connectivity index (χ2n) is 8.00. The Morgan fingerprint density at radius 3 is 2.55 bits per heavy atom. The quantitative estimate of drug-likeness (QED) is 0.813. The van der Waals surface area contributed by atoms with E-state index in [9.17, 15) is 10.1 Å². The third kappa shape index (κ3) is 5.05. The van der Waals surface area contributed by atoms with E-state index in [-0.39, 0.29) is 5.91 Å². The summed E-state index contributed by atoms with van der Waals surface area (Å²) in [7, 11) is 0. The summed E-state index contributed by atoms with van der Waals surface area (Å²) in [5.74, 6) is 0.00291. The number of nitrogens with one attached hydrogen (secondary N) is 1. The lowest BCUT2D eigenvalue weighted by Gasteiger charge is -2.26. The zero-order valence-corrected chi connectivity index (χ0v) is 17.6. The lowest BCUT2D eigenvalue weighted by molar-refractivity contribution is -0.117. The van der Waals surface area contributed by atoms with E-state index in [2.05, 4.69) is 45.5 Å². The molecule has 0 unspecified atom stereocenters. The Balaban J connectivity index is 1.41. The lowest BCUT2D eigenvalue weighted by atomic mass is 10.0. The highest BCUT2D eigenvalue weighted by Gasteiger charge is 2.25. The Labute approximate surface area is 176 Å². The average molecular weight is 409 g/mol. The van der Waals surface area contributed by atoms with Crippen LogP contribution >= 0.6 is 11.3 Å². The van der Waals surface area contributed by atoms with Crippen molar-refractivity contribution in [2.24, 2.45) is 0 Å². The van der Waals surface area contributed by atoms with Crippen molar-refractivity contribution < 1.29 is 4.79 Å². The predicted molar refractivity (Wildman–Crippen MR) is 117 cm³/mol. The van der Waals surface area contributed by atoms with Gasteiger partial charge in [-0.25, -0.2) is 0 Å². The number of rotatable bonds is 5. The second-order valence-corrected chi connectivity index (χ2v) is 9.11. The number of nitriles is 1. The van der Waals surface area contributed by atoms with E-state index in [0.717, 1.165) is 49.7 Å². The molecule has 0 aliphatic carbocycles. The number of hydrogen-bond acceptors (Lipinski definition) is 5. The number of thiophene rings is 1. The van der Waals surface area contributed by atoms with Crippen molar-refractivity contribution in [1.82, 2.24) is 9.80 Å². The molecular weight excluding hydrogens is 380 g/mol. The van der Waals surface area contributed by atoms with Crippen LogP contribution in [0.15, 0.2) is 30.3 Å². The Morgan fingerprint density at radius 2 is 1.83 bits per heavy atom. The van der Waals surface area contributed by atoms with E-state index in [1.807, 2.05) is 6.07 Å². The normalized spacial score (nSPS) is 17.9. The number of nitrogens with zero attached hydrogens (tertiary/aromatic N) is 3. The van der Waals surface area contributed by atoms with E-state index >= 15 is 0 Å². The van der Waals surface area contributed by atoms with Gasteiger partial charge >= 0.3 is 0 Å². The first-order chi connectivity index (χ1) is 14.2. The summed E-state index contributed by atoms with van der Waals surface area (Å²) in [5.41, 5.74) is 3.11. The Bertz CT molecular complexity index is 878. The van der Waals surface area contributed by atoms with E-state index in [1.54, 1.807) is 11.3 Å². The van der Waals surface area contributed by atoms with E-state index < -0.39 is 0 Å². The molecule has 2 aromatic rings. The van der Waals surface area contributed by atoms with Crippen LogP contribution in [-0.2, 0) is 24.3 Å². The predicted octanol–water partition coefficient (Wildman–Crippen LogP) is 3.99. The molecule has 1 N–H and O–H groups in total. The Kier molecular flexibility index (Phi) is 6.60. The standard InChI is InChI=1S/C23H28N4OS/c24-14-20-19-10-13-27(15-18-8-4-3-5-9-18)16-21(19)29-23(20)25-22(28)17-26-11-6-1-2-7-12-26/h3-5,8-9H,1-2,6-7,10-13,15-17H2,(H,25,28). The maximum atomic E-state index is 12.6.